The van der Waals surface area contributed by atoms with Gasteiger partial charge < -0.3 is 0 Å². The summed E-state index contributed by atoms with van der Waals surface area (Å²) in [7, 11) is -3.37. The molecule has 16 heavy (non-hydrogen) atoms. The predicted molar refractivity (Wildman–Crippen MR) is 63.4 cm³/mol. The molecule has 0 radical (unpaired) electrons. The zero-order chi connectivity index (χ0) is 12.2. The highest BCUT2D eigenvalue weighted by molar-refractivity contribution is 7.91. The molecule has 0 aromatic heterocycles. The van der Waals surface area contributed by atoms with E-state index in [4.69, 9.17) is 28.5 Å². The van der Waals surface area contributed by atoms with Crippen LogP contribution in [0.3, 0.4) is 0 Å². The Morgan fingerprint density at radius 2 is 1.94 bits per heavy atom. The van der Waals surface area contributed by atoms with Gasteiger partial charge in [0.25, 0.3) is 0 Å². The van der Waals surface area contributed by atoms with E-state index < -0.39 is 9.84 Å². The summed E-state index contributed by atoms with van der Waals surface area (Å²) in [6, 6.07) is 6.08. The topological polar surface area (TPSA) is 57.9 Å². The molecule has 0 atom stereocenters. The molecule has 0 unspecified atom stereocenters. The van der Waals surface area contributed by atoms with Crippen molar-refractivity contribution >= 4 is 33.0 Å². The van der Waals surface area contributed by atoms with Crippen molar-refractivity contribution in [3.63, 3.8) is 0 Å². The van der Waals surface area contributed by atoms with E-state index in [9.17, 15) is 8.42 Å². The number of nitrogens with zero attached hydrogens (tertiary/aromatic N) is 1. The van der Waals surface area contributed by atoms with Crippen molar-refractivity contribution in [1.29, 1.82) is 5.26 Å². The van der Waals surface area contributed by atoms with Gasteiger partial charge in [-0.15, -0.1) is 0 Å². The highest BCUT2D eigenvalue weighted by Crippen LogP contribution is 2.25. The van der Waals surface area contributed by atoms with Gasteiger partial charge in [-0.2, -0.15) is 5.26 Å². The number of benzene rings is 1. The first-order valence-electron chi connectivity index (χ1n) is 4.52. The number of halogens is 2. The Bertz CT molecular complexity index is 520. The summed E-state index contributed by atoms with van der Waals surface area (Å²) in [6.45, 7) is 0. The molecule has 0 fully saturated rings. The SMILES string of the molecule is N#CCCCS(=O)(=O)c1ccc(Cl)c(Cl)c1. The van der Waals surface area contributed by atoms with E-state index in [0.717, 1.165) is 0 Å². The minimum atomic E-state index is -3.37. The van der Waals surface area contributed by atoms with E-state index in [-0.39, 0.29) is 22.1 Å². The molecule has 0 aliphatic carbocycles. The molecule has 0 heterocycles. The molecule has 6 heteroatoms. The summed E-state index contributed by atoms with van der Waals surface area (Å²) in [5.74, 6) is -0.0570. The zero-order valence-corrected chi connectivity index (χ0v) is 10.6. The average Bonchev–Trinajstić information content (AvgIpc) is 2.22. The van der Waals surface area contributed by atoms with Crippen molar-refractivity contribution in [2.24, 2.45) is 0 Å². The Labute approximate surface area is 105 Å². The van der Waals surface area contributed by atoms with Crippen molar-refractivity contribution < 1.29 is 8.42 Å². The van der Waals surface area contributed by atoms with Crippen molar-refractivity contribution in [3.8, 4) is 6.07 Å². The van der Waals surface area contributed by atoms with Gasteiger partial charge in [-0.1, -0.05) is 23.2 Å². The third-order valence-corrected chi connectivity index (χ3v) is 4.49. The van der Waals surface area contributed by atoms with Crippen LogP contribution >= 0.6 is 23.2 Å². The number of sulfone groups is 1. The monoisotopic (exact) mass is 277 g/mol. The second kappa shape index (κ2) is 5.53. The fraction of sp³-hybridized carbons (Fsp3) is 0.300. The van der Waals surface area contributed by atoms with E-state index in [1.54, 1.807) is 0 Å². The quantitative estimate of drug-likeness (QED) is 0.795. The number of hydrogen-bond donors (Lipinski definition) is 0. The van der Waals surface area contributed by atoms with Crippen LogP contribution in [0, 0.1) is 11.3 Å². The lowest BCUT2D eigenvalue weighted by molar-refractivity contribution is 0.594. The van der Waals surface area contributed by atoms with Crippen LogP contribution in [0.4, 0.5) is 0 Å². The van der Waals surface area contributed by atoms with Crippen LogP contribution in [0.25, 0.3) is 0 Å². The van der Waals surface area contributed by atoms with Gasteiger partial charge in [0.1, 0.15) is 0 Å². The molecule has 0 saturated carbocycles. The Morgan fingerprint density at radius 3 is 2.50 bits per heavy atom. The minimum Gasteiger partial charge on any atom is -0.224 e. The van der Waals surface area contributed by atoms with Crippen molar-refractivity contribution in [3.05, 3.63) is 28.2 Å². The van der Waals surface area contributed by atoms with E-state index in [2.05, 4.69) is 0 Å². The Morgan fingerprint density at radius 1 is 1.25 bits per heavy atom. The number of rotatable bonds is 4. The second-order valence-corrected chi connectivity index (χ2v) is 6.08. The molecule has 86 valence electrons. The van der Waals surface area contributed by atoms with E-state index in [1.165, 1.54) is 18.2 Å². The molecule has 1 aromatic carbocycles. The first kappa shape index (κ1) is 13.3. The predicted octanol–water partition coefficient (Wildman–Crippen LogP) is 3.07. The molecule has 3 nitrogen and oxygen atoms in total. The molecule has 0 spiro atoms. The average molecular weight is 278 g/mol. The van der Waals surface area contributed by atoms with E-state index in [1.807, 2.05) is 6.07 Å². The number of unbranched alkanes of at least 4 members (excludes halogenated alkanes) is 1. The Hall–Kier alpha value is -0.760. The van der Waals surface area contributed by atoms with Crippen LogP contribution in [-0.4, -0.2) is 14.2 Å². The maximum Gasteiger partial charge on any atom is 0.178 e. The van der Waals surface area contributed by atoms with E-state index >= 15 is 0 Å². The molecule has 0 aliphatic rings. The summed E-state index contributed by atoms with van der Waals surface area (Å²) >= 11 is 11.4. The van der Waals surface area contributed by atoms with Gasteiger partial charge in [0.15, 0.2) is 9.84 Å². The lowest BCUT2D eigenvalue weighted by Crippen LogP contribution is -2.06. The van der Waals surface area contributed by atoms with E-state index in [0.29, 0.717) is 11.4 Å². The molecule has 0 aliphatic heterocycles. The minimum absolute atomic E-state index is 0.0570. The van der Waals surface area contributed by atoms with Gasteiger partial charge in [-0.3, -0.25) is 0 Å². The standard InChI is InChI=1S/C10H9Cl2NO2S/c11-9-4-3-8(7-10(9)12)16(14,15)6-2-1-5-13/h3-4,7H,1-2,6H2. The normalized spacial score (nSPS) is 11.1. The second-order valence-electron chi connectivity index (χ2n) is 3.16. The number of nitriles is 1. The molecule has 1 rings (SSSR count). The zero-order valence-electron chi connectivity index (χ0n) is 8.28. The van der Waals surface area contributed by atoms with Crippen LogP contribution in [0.15, 0.2) is 23.1 Å². The smallest absolute Gasteiger partial charge is 0.178 e. The third kappa shape index (κ3) is 3.38. The molecule has 0 amide bonds. The summed E-state index contributed by atoms with van der Waals surface area (Å²) < 4.78 is 23.5. The summed E-state index contributed by atoms with van der Waals surface area (Å²) in [5.41, 5.74) is 0. The van der Waals surface area contributed by atoms with Gasteiger partial charge in [0.05, 0.1) is 26.8 Å². The van der Waals surface area contributed by atoms with Crippen LogP contribution in [-0.2, 0) is 9.84 Å². The Balaban J connectivity index is 2.91. The number of hydrogen-bond acceptors (Lipinski definition) is 3. The molecule has 1 aromatic rings. The van der Waals surface area contributed by atoms with Crippen LogP contribution < -0.4 is 0 Å². The van der Waals surface area contributed by atoms with Gasteiger partial charge >= 0.3 is 0 Å². The van der Waals surface area contributed by atoms with Gasteiger partial charge in [0.2, 0.25) is 0 Å². The maximum absolute atomic E-state index is 11.8. The van der Waals surface area contributed by atoms with Crippen molar-refractivity contribution in [2.75, 3.05) is 5.75 Å². The fourth-order valence-electron chi connectivity index (χ4n) is 1.13. The third-order valence-electron chi connectivity index (χ3n) is 1.95. The molecule has 0 N–H and O–H groups in total. The van der Waals surface area contributed by atoms with Crippen molar-refractivity contribution in [1.82, 2.24) is 0 Å². The molecule has 0 saturated heterocycles. The highest BCUT2D eigenvalue weighted by atomic mass is 35.5. The van der Waals surface area contributed by atoms with Crippen LogP contribution in [0.1, 0.15) is 12.8 Å². The summed E-state index contributed by atoms with van der Waals surface area (Å²) in [5, 5.41) is 8.86. The van der Waals surface area contributed by atoms with Crippen LogP contribution in [0.2, 0.25) is 10.0 Å². The molecule has 0 bridgehead atoms. The molecular weight excluding hydrogens is 269 g/mol. The first-order chi connectivity index (χ1) is 7.47. The van der Waals surface area contributed by atoms with Gasteiger partial charge in [0, 0.05) is 6.42 Å². The van der Waals surface area contributed by atoms with Gasteiger partial charge in [-0.05, 0) is 24.6 Å². The molecular formula is C10H9Cl2NO2S. The van der Waals surface area contributed by atoms with Gasteiger partial charge in [-0.25, -0.2) is 8.42 Å². The van der Waals surface area contributed by atoms with Crippen LogP contribution in [0.5, 0.6) is 0 Å². The fourth-order valence-corrected chi connectivity index (χ4v) is 2.83. The first-order valence-corrected chi connectivity index (χ1v) is 6.93. The maximum atomic E-state index is 11.8. The lowest BCUT2D eigenvalue weighted by Gasteiger charge is -2.04. The summed E-state index contributed by atoms with van der Waals surface area (Å²) in [6.07, 6.45) is 0.541. The van der Waals surface area contributed by atoms with Crippen molar-refractivity contribution in [2.45, 2.75) is 17.7 Å². The highest BCUT2D eigenvalue weighted by Gasteiger charge is 2.15. The Kier molecular flexibility index (Phi) is 4.60. The lowest BCUT2D eigenvalue weighted by atomic mass is 10.4. The largest absolute Gasteiger partial charge is 0.224 e. The summed E-state index contributed by atoms with van der Waals surface area (Å²) in [4.78, 5) is 0.139.